The lowest BCUT2D eigenvalue weighted by molar-refractivity contribution is -0.138. The van der Waals surface area contributed by atoms with Crippen molar-refractivity contribution in [2.45, 2.75) is 39.0 Å². The number of rotatable bonds is 5. The number of halogens is 4. The first kappa shape index (κ1) is 27.6. The zero-order valence-corrected chi connectivity index (χ0v) is 20.5. The fourth-order valence-electron chi connectivity index (χ4n) is 3.82. The van der Waals surface area contributed by atoms with Crippen LogP contribution in [0, 0.1) is 5.82 Å². The third-order valence-corrected chi connectivity index (χ3v) is 5.70. The molecule has 0 aliphatic carbocycles. The van der Waals surface area contributed by atoms with Crippen LogP contribution in [0.3, 0.4) is 0 Å². The number of hydrazone groups is 1. The molecule has 0 unspecified atom stereocenters. The molecule has 0 saturated heterocycles. The van der Waals surface area contributed by atoms with Crippen LogP contribution in [0.4, 0.5) is 28.2 Å². The van der Waals surface area contributed by atoms with E-state index in [1.54, 1.807) is 12.1 Å². The average Bonchev–Trinajstić information content (AvgIpc) is 2.82. The van der Waals surface area contributed by atoms with Gasteiger partial charge < -0.3 is 21.0 Å². The highest BCUT2D eigenvalue weighted by Crippen LogP contribution is 2.25. The van der Waals surface area contributed by atoms with Crippen molar-refractivity contribution in [2.75, 3.05) is 25.5 Å². The summed E-state index contributed by atoms with van der Waals surface area (Å²) >= 11 is 0. The van der Waals surface area contributed by atoms with Crippen molar-refractivity contribution in [1.82, 2.24) is 19.8 Å². The molecule has 1 aliphatic heterocycles. The van der Waals surface area contributed by atoms with E-state index < -0.39 is 30.5 Å². The van der Waals surface area contributed by atoms with Crippen molar-refractivity contribution in [3.05, 3.63) is 58.5 Å². The van der Waals surface area contributed by atoms with Crippen LogP contribution in [-0.2, 0) is 13.0 Å². The van der Waals surface area contributed by atoms with Gasteiger partial charge in [0.25, 0.3) is 5.91 Å². The number of hydrogen-bond donors (Lipinski definition) is 3. The molecule has 10 nitrogen and oxygen atoms in total. The highest BCUT2D eigenvalue weighted by atomic mass is 19.4. The molecule has 0 saturated carbocycles. The van der Waals surface area contributed by atoms with Gasteiger partial charge in [-0.1, -0.05) is 6.07 Å². The summed E-state index contributed by atoms with van der Waals surface area (Å²) in [5, 5.41) is 7.47. The number of amidine groups is 1. The number of aromatic nitrogens is 1. The van der Waals surface area contributed by atoms with E-state index in [1.165, 1.54) is 28.1 Å². The van der Waals surface area contributed by atoms with Crippen LogP contribution in [0.2, 0.25) is 0 Å². The Bertz CT molecular complexity index is 1200. The standard InChI is InChI=1S/C23H28F4N8O2/c1-13(2)35(29)20(32-28)18-5-4-6-19(30-18)31-21(36)16-9-15-11-34(8-7-14(15)10-17(16)24)22(37)33(3)12-23(25,26)27/h4-6,9-10,13H,7-8,11-12,28-29H2,1-3H3,(H,30,31,36)/b32-20-. The minimum absolute atomic E-state index is 0.0669. The summed E-state index contributed by atoms with van der Waals surface area (Å²) in [7, 11) is 1.06. The Morgan fingerprint density at radius 1 is 1.24 bits per heavy atom. The highest BCUT2D eigenvalue weighted by molar-refractivity contribution is 6.04. The summed E-state index contributed by atoms with van der Waals surface area (Å²) in [6, 6.07) is 6.19. The van der Waals surface area contributed by atoms with Gasteiger partial charge in [0.1, 0.15) is 23.9 Å². The molecule has 1 aromatic carbocycles. The van der Waals surface area contributed by atoms with E-state index in [4.69, 9.17) is 11.7 Å². The molecule has 0 spiro atoms. The number of urea groups is 1. The quantitative estimate of drug-likeness (QED) is 0.181. The van der Waals surface area contributed by atoms with E-state index in [1.807, 2.05) is 13.8 Å². The third-order valence-electron chi connectivity index (χ3n) is 5.70. The maximum Gasteiger partial charge on any atom is 0.406 e. The summed E-state index contributed by atoms with van der Waals surface area (Å²) in [5.74, 6) is 10.1. The van der Waals surface area contributed by atoms with E-state index in [9.17, 15) is 27.2 Å². The van der Waals surface area contributed by atoms with Crippen LogP contribution in [0.5, 0.6) is 0 Å². The predicted molar refractivity (Wildman–Crippen MR) is 129 cm³/mol. The van der Waals surface area contributed by atoms with Gasteiger partial charge >= 0.3 is 12.2 Å². The van der Waals surface area contributed by atoms with Gasteiger partial charge in [-0.25, -0.2) is 20.0 Å². The molecular formula is C23H28F4N8O2. The zero-order chi connectivity index (χ0) is 27.5. The Morgan fingerprint density at radius 2 is 1.95 bits per heavy atom. The van der Waals surface area contributed by atoms with Gasteiger partial charge in [-0.15, -0.1) is 0 Å². The Morgan fingerprint density at radius 3 is 2.57 bits per heavy atom. The lowest BCUT2D eigenvalue weighted by Gasteiger charge is -2.33. The third kappa shape index (κ3) is 6.64. The fourth-order valence-corrected chi connectivity index (χ4v) is 3.82. The van der Waals surface area contributed by atoms with Crippen molar-refractivity contribution in [1.29, 1.82) is 0 Å². The van der Waals surface area contributed by atoms with Gasteiger partial charge in [0.2, 0.25) is 0 Å². The van der Waals surface area contributed by atoms with Gasteiger partial charge in [0.15, 0.2) is 5.84 Å². The Labute approximate surface area is 210 Å². The number of alkyl halides is 3. The summed E-state index contributed by atoms with van der Waals surface area (Å²) in [5.41, 5.74) is 0.998. The van der Waals surface area contributed by atoms with Crippen molar-refractivity contribution >= 4 is 23.6 Å². The second-order valence-electron chi connectivity index (χ2n) is 8.84. The number of anilines is 1. The first-order valence-electron chi connectivity index (χ1n) is 11.3. The van der Waals surface area contributed by atoms with Gasteiger partial charge in [-0.3, -0.25) is 9.80 Å². The molecule has 0 radical (unpaired) electrons. The molecule has 1 aromatic heterocycles. The van der Waals surface area contributed by atoms with Gasteiger partial charge in [0.05, 0.1) is 5.56 Å². The number of carbonyl (C=O) groups is 2. The highest BCUT2D eigenvalue weighted by Gasteiger charge is 2.34. The lowest BCUT2D eigenvalue weighted by atomic mass is 9.96. The van der Waals surface area contributed by atoms with Gasteiger partial charge in [-0.05, 0) is 55.7 Å². The van der Waals surface area contributed by atoms with Crippen LogP contribution in [0.15, 0.2) is 35.4 Å². The van der Waals surface area contributed by atoms with Crippen LogP contribution < -0.4 is 17.0 Å². The Balaban J connectivity index is 1.79. The first-order chi connectivity index (χ1) is 17.3. The van der Waals surface area contributed by atoms with Crippen molar-refractivity contribution < 1.29 is 27.2 Å². The number of pyridine rings is 1. The van der Waals surface area contributed by atoms with E-state index in [0.717, 1.165) is 7.05 Å². The minimum atomic E-state index is -4.54. The molecule has 37 heavy (non-hydrogen) atoms. The molecule has 3 amide bonds. The SMILES string of the molecule is CC(C)N(N)/C(=N\N)c1cccc(NC(=O)c2cc3c(cc2F)CCN(C(=O)N(C)CC(F)(F)F)C3)n1. The van der Waals surface area contributed by atoms with E-state index in [2.05, 4.69) is 15.4 Å². The monoisotopic (exact) mass is 524 g/mol. The maximum atomic E-state index is 14.8. The van der Waals surface area contributed by atoms with Crippen LogP contribution in [0.25, 0.3) is 0 Å². The first-order valence-corrected chi connectivity index (χ1v) is 11.3. The number of nitrogens with zero attached hydrogens (tertiary/aromatic N) is 5. The molecule has 1 aliphatic rings. The second kappa shape index (κ2) is 11.0. The number of amides is 3. The van der Waals surface area contributed by atoms with Crippen LogP contribution in [0.1, 0.15) is 41.0 Å². The topological polar surface area (TPSA) is 133 Å². The molecular weight excluding hydrogens is 496 g/mol. The Kier molecular flexibility index (Phi) is 8.21. The molecule has 2 heterocycles. The normalized spacial score (nSPS) is 13.9. The van der Waals surface area contributed by atoms with Gasteiger partial charge in [0, 0.05) is 26.2 Å². The molecule has 0 bridgehead atoms. The average molecular weight is 525 g/mol. The Hall–Kier alpha value is -3.94. The number of nitrogens with one attached hydrogen (secondary N) is 1. The fraction of sp³-hybridized carbons (Fsp3) is 0.391. The van der Waals surface area contributed by atoms with Crippen LogP contribution in [-0.4, -0.2) is 69.9 Å². The zero-order valence-electron chi connectivity index (χ0n) is 20.5. The summed E-state index contributed by atoms with van der Waals surface area (Å²) in [6.07, 6.45) is -4.30. The van der Waals surface area contributed by atoms with Gasteiger partial charge in [-0.2, -0.15) is 18.3 Å². The molecule has 200 valence electrons. The molecule has 0 fully saturated rings. The number of carbonyl (C=O) groups excluding carboxylic acids is 2. The smallest absolute Gasteiger partial charge is 0.321 e. The number of benzene rings is 1. The summed E-state index contributed by atoms with van der Waals surface area (Å²) < 4.78 is 52.8. The van der Waals surface area contributed by atoms with Crippen LogP contribution >= 0.6 is 0 Å². The molecule has 2 aromatic rings. The minimum Gasteiger partial charge on any atom is -0.321 e. The number of nitrogens with two attached hydrogens (primary N) is 2. The molecule has 14 heteroatoms. The summed E-state index contributed by atoms with van der Waals surface area (Å²) in [4.78, 5) is 31.4. The van der Waals surface area contributed by atoms with Crippen molar-refractivity contribution in [3.63, 3.8) is 0 Å². The molecule has 3 rings (SSSR count). The van der Waals surface area contributed by atoms with Crippen molar-refractivity contribution in [3.8, 4) is 0 Å². The lowest BCUT2D eigenvalue weighted by Crippen LogP contribution is -2.46. The van der Waals surface area contributed by atoms with E-state index in [0.29, 0.717) is 16.0 Å². The predicted octanol–water partition coefficient (Wildman–Crippen LogP) is 2.65. The molecule has 5 N–H and O–H groups in total. The van der Waals surface area contributed by atoms with E-state index >= 15 is 0 Å². The van der Waals surface area contributed by atoms with Crippen molar-refractivity contribution in [2.24, 2.45) is 16.8 Å². The maximum absolute atomic E-state index is 14.8. The largest absolute Gasteiger partial charge is 0.406 e. The molecule has 0 atom stereocenters. The summed E-state index contributed by atoms with van der Waals surface area (Å²) in [6.45, 7) is 2.29. The van der Waals surface area contributed by atoms with E-state index in [-0.39, 0.29) is 48.5 Å². The number of hydrazine groups is 1. The number of hydrogen-bond acceptors (Lipinski definition) is 6. The second-order valence-corrected chi connectivity index (χ2v) is 8.84. The number of fused-ring (bicyclic) bond motifs is 1.